The first kappa shape index (κ1) is 18.4. The highest BCUT2D eigenvalue weighted by Gasteiger charge is 2.33. The van der Waals surface area contributed by atoms with E-state index in [0.29, 0.717) is 0 Å². The number of aromatic nitrogens is 2. The fraction of sp³-hybridized carbons (Fsp3) is 0.278. The van der Waals surface area contributed by atoms with E-state index in [1.807, 2.05) is 26.8 Å². The number of nitrogens with zero attached hydrogens (tertiary/aromatic N) is 2. The first-order valence-electron chi connectivity index (χ1n) is 7.81. The van der Waals surface area contributed by atoms with Crippen molar-refractivity contribution < 1.29 is 21.6 Å². The summed E-state index contributed by atoms with van der Waals surface area (Å²) in [6.07, 6.45) is -2.41. The van der Waals surface area contributed by atoms with Crippen molar-refractivity contribution in [3.63, 3.8) is 0 Å². The molecular weight excluding hydrogens is 365 g/mol. The number of benzene rings is 1. The lowest BCUT2D eigenvalue weighted by Crippen LogP contribution is -2.15. The molecular formula is C18H17F3N2O2S. The molecule has 138 valence electrons. The highest BCUT2D eigenvalue weighted by atomic mass is 32.2. The van der Waals surface area contributed by atoms with E-state index in [9.17, 15) is 21.6 Å². The van der Waals surface area contributed by atoms with Gasteiger partial charge in [-0.15, -0.1) is 0 Å². The molecule has 26 heavy (non-hydrogen) atoms. The molecule has 2 heterocycles. The molecule has 0 atom stereocenters. The maximum absolute atomic E-state index is 13.0. The molecule has 8 heteroatoms. The summed E-state index contributed by atoms with van der Waals surface area (Å²) < 4.78 is 65.3. The van der Waals surface area contributed by atoms with Gasteiger partial charge in [0.05, 0.1) is 16.6 Å². The Morgan fingerprint density at radius 2 is 1.73 bits per heavy atom. The van der Waals surface area contributed by atoms with Crippen LogP contribution < -0.4 is 0 Å². The Morgan fingerprint density at radius 3 is 2.35 bits per heavy atom. The molecule has 3 rings (SSSR count). The Morgan fingerprint density at radius 1 is 1.04 bits per heavy atom. The van der Waals surface area contributed by atoms with Crippen LogP contribution in [-0.4, -0.2) is 17.4 Å². The fourth-order valence-corrected chi connectivity index (χ4v) is 4.00. The third-order valence-electron chi connectivity index (χ3n) is 4.09. The number of hydrogen-bond acceptors (Lipinski definition) is 3. The highest BCUT2D eigenvalue weighted by Crippen LogP contribution is 2.31. The van der Waals surface area contributed by atoms with Crippen LogP contribution in [0, 0.1) is 0 Å². The molecule has 0 fully saturated rings. The molecule has 1 aromatic carbocycles. The maximum atomic E-state index is 13.0. The summed E-state index contributed by atoms with van der Waals surface area (Å²) in [5.41, 5.74) is -0.366. The Hall–Kier alpha value is -2.35. The Balaban J connectivity index is 2.14. The normalized spacial score (nSPS) is 13.3. The van der Waals surface area contributed by atoms with Gasteiger partial charge in [-0.05, 0) is 35.2 Å². The van der Waals surface area contributed by atoms with E-state index in [2.05, 4.69) is 4.98 Å². The van der Waals surface area contributed by atoms with Crippen LogP contribution in [0.3, 0.4) is 0 Å². The van der Waals surface area contributed by atoms with E-state index in [0.717, 1.165) is 21.8 Å². The van der Waals surface area contributed by atoms with Gasteiger partial charge in [0.25, 0.3) is 10.0 Å². The van der Waals surface area contributed by atoms with Crippen molar-refractivity contribution in [2.45, 2.75) is 37.3 Å². The lowest BCUT2D eigenvalue weighted by Gasteiger charge is -2.20. The van der Waals surface area contributed by atoms with Crippen molar-refractivity contribution >= 4 is 20.9 Å². The van der Waals surface area contributed by atoms with Crippen molar-refractivity contribution in [2.24, 2.45) is 0 Å². The molecule has 0 saturated heterocycles. The molecule has 0 spiro atoms. The summed E-state index contributed by atoms with van der Waals surface area (Å²) in [4.78, 5) is 3.44. The molecule has 0 amide bonds. The first-order chi connectivity index (χ1) is 11.9. The van der Waals surface area contributed by atoms with Crippen LogP contribution in [0.4, 0.5) is 13.2 Å². The lowest BCUT2D eigenvalue weighted by atomic mass is 9.87. The number of fused-ring (bicyclic) bond motifs is 1. The van der Waals surface area contributed by atoms with Gasteiger partial charge in [0, 0.05) is 11.6 Å². The molecule has 0 unspecified atom stereocenters. The minimum Gasteiger partial charge on any atom is -0.250 e. The summed E-state index contributed by atoms with van der Waals surface area (Å²) >= 11 is 0. The smallest absolute Gasteiger partial charge is 0.250 e. The number of alkyl halides is 3. The highest BCUT2D eigenvalue weighted by molar-refractivity contribution is 7.90. The van der Waals surface area contributed by atoms with Crippen LogP contribution in [0.15, 0.2) is 53.7 Å². The third-order valence-corrected chi connectivity index (χ3v) is 5.77. The second-order valence-corrected chi connectivity index (χ2v) is 8.84. The average Bonchev–Trinajstić information content (AvgIpc) is 2.97. The minimum absolute atomic E-state index is 0.0716. The molecule has 0 aliphatic rings. The molecule has 0 radical (unpaired) electrons. The summed E-state index contributed by atoms with van der Waals surface area (Å²) in [7, 11) is -3.96. The van der Waals surface area contributed by atoms with Crippen LogP contribution >= 0.6 is 0 Å². The van der Waals surface area contributed by atoms with Crippen molar-refractivity contribution in [1.82, 2.24) is 8.96 Å². The second kappa shape index (κ2) is 5.84. The topological polar surface area (TPSA) is 52.0 Å². The zero-order valence-corrected chi connectivity index (χ0v) is 15.2. The van der Waals surface area contributed by atoms with Crippen LogP contribution in [0.2, 0.25) is 0 Å². The zero-order chi connectivity index (χ0) is 19.3. The van der Waals surface area contributed by atoms with Gasteiger partial charge in [-0.2, -0.15) is 13.2 Å². The van der Waals surface area contributed by atoms with E-state index in [1.54, 1.807) is 12.1 Å². The van der Waals surface area contributed by atoms with E-state index in [-0.39, 0.29) is 21.2 Å². The standard InChI is InChI=1S/C18H17F3N2O2S/c1-17(2,3)13-5-4-6-14(10-13)26(24,25)23-8-7-12-9-16(18(19,20)21)22-11-15(12)23/h4-11H,1-3H3. The van der Waals surface area contributed by atoms with Gasteiger partial charge in [0.2, 0.25) is 0 Å². The molecule has 0 saturated carbocycles. The monoisotopic (exact) mass is 382 g/mol. The quantitative estimate of drug-likeness (QED) is 0.651. The van der Waals surface area contributed by atoms with Gasteiger partial charge < -0.3 is 0 Å². The van der Waals surface area contributed by atoms with Gasteiger partial charge in [0.1, 0.15) is 5.69 Å². The van der Waals surface area contributed by atoms with Crippen LogP contribution in [0.1, 0.15) is 32.0 Å². The van der Waals surface area contributed by atoms with Crippen LogP contribution in [-0.2, 0) is 21.6 Å². The molecule has 0 bridgehead atoms. The predicted molar refractivity (Wildman–Crippen MR) is 92.5 cm³/mol. The second-order valence-electron chi connectivity index (χ2n) is 7.02. The SMILES string of the molecule is CC(C)(C)c1cccc(S(=O)(=O)n2ccc3cc(C(F)(F)F)ncc32)c1. The zero-order valence-electron chi connectivity index (χ0n) is 14.4. The Labute approximate surface area is 149 Å². The number of halogens is 3. The average molecular weight is 382 g/mol. The van der Waals surface area contributed by atoms with E-state index >= 15 is 0 Å². The minimum atomic E-state index is -4.59. The van der Waals surface area contributed by atoms with Gasteiger partial charge in [-0.1, -0.05) is 32.9 Å². The van der Waals surface area contributed by atoms with Gasteiger partial charge in [0.15, 0.2) is 0 Å². The molecule has 4 nitrogen and oxygen atoms in total. The number of rotatable bonds is 2. The molecule has 2 aromatic heterocycles. The summed E-state index contributed by atoms with van der Waals surface area (Å²) in [6.45, 7) is 5.89. The predicted octanol–water partition coefficient (Wildman–Crippen LogP) is 4.59. The maximum Gasteiger partial charge on any atom is 0.433 e. The lowest BCUT2D eigenvalue weighted by molar-refractivity contribution is -0.141. The van der Waals surface area contributed by atoms with Crippen molar-refractivity contribution in [3.8, 4) is 0 Å². The summed E-state index contributed by atoms with van der Waals surface area (Å²) in [5, 5.41) is 0.155. The van der Waals surface area contributed by atoms with Crippen LogP contribution in [0.5, 0.6) is 0 Å². The molecule has 3 aromatic rings. The van der Waals surface area contributed by atoms with Crippen molar-refractivity contribution in [2.75, 3.05) is 0 Å². The van der Waals surface area contributed by atoms with Crippen molar-refractivity contribution in [1.29, 1.82) is 0 Å². The number of hydrogen-bond donors (Lipinski definition) is 0. The van der Waals surface area contributed by atoms with Crippen molar-refractivity contribution in [3.05, 3.63) is 60.0 Å². The largest absolute Gasteiger partial charge is 0.433 e. The fourth-order valence-electron chi connectivity index (χ4n) is 2.61. The van der Waals surface area contributed by atoms with Crippen LogP contribution in [0.25, 0.3) is 10.9 Å². The van der Waals surface area contributed by atoms with Gasteiger partial charge in [-0.25, -0.2) is 17.4 Å². The summed E-state index contributed by atoms with van der Waals surface area (Å²) in [5.74, 6) is 0. The van der Waals surface area contributed by atoms with Gasteiger partial charge in [-0.3, -0.25) is 0 Å². The third kappa shape index (κ3) is 3.21. The van der Waals surface area contributed by atoms with E-state index in [4.69, 9.17) is 0 Å². The Kier molecular flexibility index (Phi) is 4.14. The molecule has 0 N–H and O–H groups in total. The molecule has 0 aliphatic carbocycles. The Bertz CT molecular complexity index is 1080. The van der Waals surface area contributed by atoms with Gasteiger partial charge >= 0.3 is 6.18 Å². The summed E-state index contributed by atoms with van der Waals surface area (Å²) in [6, 6.07) is 8.71. The molecule has 0 aliphatic heterocycles. The number of pyridine rings is 1. The van der Waals surface area contributed by atoms with E-state index < -0.39 is 21.9 Å². The van der Waals surface area contributed by atoms with E-state index in [1.165, 1.54) is 18.3 Å². The first-order valence-corrected chi connectivity index (χ1v) is 9.25.